The van der Waals surface area contributed by atoms with E-state index >= 15 is 0 Å². The van der Waals surface area contributed by atoms with Crippen molar-refractivity contribution in [2.75, 3.05) is 13.6 Å². The molecule has 2 aliphatic carbocycles. The van der Waals surface area contributed by atoms with Crippen molar-refractivity contribution in [1.29, 1.82) is 0 Å². The number of hydrogen-bond donors (Lipinski definition) is 0. The van der Waals surface area contributed by atoms with E-state index in [0.29, 0.717) is 0 Å². The number of fused-ring (bicyclic) bond motifs is 4. The van der Waals surface area contributed by atoms with E-state index in [1.54, 1.807) is 0 Å². The SMILES string of the molecule is CC.CC.CCC.CN1CC2=CCCC=C2c2nnn(C)c2C2=C1C=CCC=C2. The van der Waals surface area contributed by atoms with Gasteiger partial charge in [-0.2, -0.15) is 0 Å². The van der Waals surface area contributed by atoms with Crippen molar-refractivity contribution in [3.63, 3.8) is 0 Å². The smallest absolute Gasteiger partial charge is 0.121 e. The van der Waals surface area contributed by atoms with Crippen LogP contribution in [0.5, 0.6) is 0 Å². The predicted octanol–water partition coefficient (Wildman–Crippen LogP) is 6.56. The highest BCUT2D eigenvalue weighted by Gasteiger charge is 2.27. The minimum atomic E-state index is 0.916. The Kier molecular flexibility index (Phi) is 11.0. The zero-order valence-electron chi connectivity index (χ0n) is 19.8. The molecule has 2 heterocycles. The van der Waals surface area contributed by atoms with Crippen LogP contribution in [0.4, 0.5) is 0 Å². The van der Waals surface area contributed by atoms with E-state index in [1.165, 1.54) is 28.8 Å². The van der Waals surface area contributed by atoms with Crippen LogP contribution in [0.2, 0.25) is 0 Å². The summed E-state index contributed by atoms with van der Waals surface area (Å²) in [6.45, 7) is 13.2. The van der Waals surface area contributed by atoms with Crippen molar-refractivity contribution in [2.45, 2.75) is 67.2 Å². The lowest BCUT2D eigenvalue weighted by atomic mass is 9.90. The van der Waals surface area contributed by atoms with Gasteiger partial charge in [0.1, 0.15) is 5.69 Å². The first kappa shape index (κ1) is 24.7. The summed E-state index contributed by atoms with van der Waals surface area (Å²) >= 11 is 0. The number of rotatable bonds is 0. The second-order valence-corrected chi connectivity index (χ2v) is 6.74. The maximum absolute atomic E-state index is 4.48. The van der Waals surface area contributed by atoms with E-state index in [0.717, 1.165) is 37.2 Å². The van der Waals surface area contributed by atoms with Gasteiger partial charge in [-0.15, -0.1) is 5.10 Å². The average molecular weight is 397 g/mol. The maximum atomic E-state index is 4.48. The van der Waals surface area contributed by atoms with Crippen molar-refractivity contribution in [2.24, 2.45) is 7.05 Å². The molecule has 4 nitrogen and oxygen atoms in total. The Bertz CT molecular complexity index is 788. The summed E-state index contributed by atoms with van der Waals surface area (Å²) in [6.07, 6.45) is 17.9. The van der Waals surface area contributed by atoms with Crippen molar-refractivity contribution in [3.8, 4) is 0 Å². The number of hydrogen-bond acceptors (Lipinski definition) is 3. The van der Waals surface area contributed by atoms with Crippen LogP contribution in [0, 0.1) is 0 Å². The van der Waals surface area contributed by atoms with Gasteiger partial charge in [0.15, 0.2) is 0 Å². The highest BCUT2D eigenvalue weighted by molar-refractivity contribution is 5.89. The lowest BCUT2D eigenvalue weighted by Crippen LogP contribution is -2.24. The third-order valence-electron chi connectivity index (χ3n) is 4.52. The largest absolute Gasteiger partial charge is 0.370 e. The molecule has 0 amide bonds. The number of aromatic nitrogens is 3. The molecular formula is C25H40N4. The number of likely N-dealkylation sites (N-methyl/N-ethyl adjacent to an activating group) is 1. The molecule has 0 unspecified atom stereocenters. The van der Waals surface area contributed by atoms with E-state index in [-0.39, 0.29) is 0 Å². The molecule has 0 saturated heterocycles. The van der Waals surface area contributed by atoms with E-state index in [4.69, 9.17) is 0 Å². The fraction of sp³-hybridized carbons (Fsp3) is 0.520. The van der Waals surface area contributed by atoms with Crippen LogP contribution >= 0.6 is 0 Å². The molecule has 0 bridgehead atoms. The van der Waals surface area contributed by atoms with Crippen LogP contribution in [-0.2, 0) is 7.05 Å². The number of allylic oxidation sites excluding steroid dienone is 7. The molecule has 0 atom stereocenters. The van der Waals surface area contributed by atoms with E-state index < -0.39 is 0 Å². The Balaban J connectivity index is 0.000000540. The normalized spacial score (nSPS) is 16.5. The standard InChI is InChI=1S/C18H20N4.C3H8.2C2H6/c1-21-12-13-8-6-7-9-14(13)17-18(22(2)20-19-17)15-10-4-3-5-11-16(15)21;1-3-2;2*1-2/h4-5,8-11H,3,6-7,12H2,1-2H3;3H2,1-2H3;2*1-2H3. The highest BCUT2D eigenvalue weighted by Crippen LogP contribution is 2.37. The Morgan fingerprint density at radius 3 is 2.24 bits per heavy atom. The minimum Gasteiger partial charge on any atom is -0.370 e. The van der Waals surface area contributed by atoms with Crippen LogP contribution in [-0.4, -0.2) is 33.5 Å². The van der Waals surface area contributed by atoms with Gasteiger partial charge >= 0.3 is 0 Å². The Morgan fingerprint density at radius 2 is 1.55 bits per heavy atom. The summed E-state index contributed by atoms with van der Waals surface area (Å²) in [5, 5.41) is 8.79. The predicted molar refractivity (Wildman–Crippen MR) is 127 cm³/mol. The second-order valence-electron chi connectivity index (χ2n) is 6.74. The van der Waals surface area contributed by atoms with Gasteiger partial charge in [-0.3, -0.25) is 0 Å². The van der Waals surface area contributed by atoms with Gasteiger partial charge in [0.25, 0.3) is 0 Å². The third kappa shape index (κ3) is 5.81. The molecule has 1 aromatic rings. The van der Waals surface area contributed by atoms with Gasteiger partial charge in [-0.05, 0) is 30.9 Å². The van der Waals surface area contributed by atoms with Crippen molar-refractivity contribution < 1.29 is 0 Å². The molecular weight excluding hydrogens is 356 g/mol. The highest BCUT2D eigenvalue weighted by atomic mass is 15.4. The zero-order chi connectivity index (χ0) is 21.8. The van der Waals surface area contributed by atoms with Crippen LogP contribution in [0.1, 0.15) is 78.6 Å². The molecule has 160 valence electrons. The summed E-state index contributed by atoms with van der Waals surface area (Å²) in [7, 11) is 4.15. The molecule has 0 fully saturated rings. The molecule has 3 aliphatic rings. The van der Waals surface area contributed by atoms with E-state index in [2.05, 4.69) is 72.6 Å². The summed E-state index contributed by atoms with van der Waals surface area (Å²) in [6, 6.07) is 0. The topological polar surface area (TPSA) is 34.0 Å². The summed E-state index contributed by atoms with van der Waals surface area (Å²) in [4.78, 5) is 2.34. The number of nitrogens with zero attached hydrogens (tertiary/aromatic N) is 4. The summed E-state index contributed by atoms with van der Waals surface area (Å²) in [5.74, 6) is 0. The molecule has 0 aromatic carbocycles. The Hall–Kier alpha value is -2.36. The van der Waals surface area contributed by atoms with Gasteiger partial charge < -0.3 is 4.90 Å². The molecule has 0 saturated carbocycles. The maximum Gasteiger partial charge on any atom is 0.121 e. The minimum absolute atomic E-state index is 0.916. The van der Waals surface area contributed by atoms with Crippen LogP contribution in [0.3, 0.4) is 0 Å². The lowest BCUT2D eigenvalue weighted by molar-refractivity contribution is 0.472. The third-order valence-corrected chi connectivity index (χ3v) is 4.52. The summed E-state index contributed by atoms with van der Waals surface area (Å²) in [5.41, 5.74) is 7.21. The molecule has 4 heteroatoms. The molecule has 1 aliphatic heterocycles. The van der Waals surface area contributed by atoms with Crippen LogP contribution in [0.25, 0.3) is 11.1 Å². The Morgan fingerprint density at radius 1 is 0.931 bits per heavy atom. The van der Waals surface area contributed by atoms with Gasteiger partial charge in [0.05, 0.1) is 5.69 Å². The monoisotopic (exact) mass is 396 g/mol. The van der Waals surface area contributed by atoms with Crippen molar-refractivity contribution in [3.05, 3.63) is 59.1 Å². The molecule has 0 radical (unpaired) electrons. The molecule has 0 N–H and O–H groups in total. The first-order valence-electron chi connectivity index (χ1n) is 11.3. The van der Waals surface area contributed by atoms with E-state index in [9.17, 15) is 0 Å². The average Bonchev–Trinajstić information content (AvgIpc) is 2.96. The Labute approximate surface area is 178 Å². The van der Waals surface area contributed by atoms with Gasteiger partial charge in [-0.1, -0.05) is 83.6 Å². The van der Waals surface area contributed by atoms with Gasteiger partial charge in [0, 0.05) is 37.5 Å². The molecule has 1 aromatic heterocycles. The quantitative estimate of drug-likeness (QED) is 0.498. The number of aryl methyl sites for hydroxylation is 1. The second kappa shape index (κ2) is 13.0. The summed E-state index contributed by atoms with van der Waals surface area (Å²) < 4.78 is 1.90. The molecule has 4 rings (SSSR count). The van der Waals surface area contributed by atoms with Gasteiger partial charge in [0.2, 0.25) is 0 Å². The van der Waals surface area contributed by atoms with Crippen LogP contribution < -0.4 is 0 Å². The van der Waals surface area contributed by atoms with Crippen molar-refractivity contribution >= 4 is 11.1 Å². The first-order chi connectivity index (χ1) is 14.2. The molecule has 0 spiro atoms. The van der Waals surface area contributed by atoms with Crippen LogP contribution in [0.15, 0.2) is 47.7 Å². The fourth-order valence-electron chi connectivity index (χ4n) is 3.46. The van der Waals surface area contributed by atoms with E-state index in [1.807, 2.05) is 39.4 Å². The fourth-order valence-corrected chi connectivity index (χ4v) is 3.46. The van der Waals surface area contributed by atoms with Gasteiger partial charge in [-0.25, -0.2) is 4.68 Å². The molecule has 29 heavy (non-hydrogen) atoms. The lowest BCUT2D eigenvalue weighted by Gasteiger charge is -2.29. The first-order valence-corrected chi connectivity index (χ1v) is 11.3. The zero-order valence-corrected chi connectivity index (χ0v) is 19.8. The van der Waals surface area contributed by atoms with Crippen molar-refractivity contribution in [1.82, 2.24) is 19.9 Å².